The van der Waals surface area contributed by atoms with E-state index in [0.717, 1.165) is 63.9 Å². The second-order valence-electron chi connectivity index (χ2n) is 11.7. The molecule has 0 bridgehead atoms. The smallest absolute Gasteiger partial charge is 0.0972 e. The van der Waals surface area contributed by atoms with Gasteiger partial charge in [0, 0.05) is 16.3 Å². The topological polar surface area (TPSA) is 38.1 Å². The van der Waals surface area contributed by atoms with Gasteiger partial charge in [-0.05, 0) is 78.0 Å². The van der Waals surface area contributed by atoms with E-state index in [0.29, 0.717) is 11.8 Å². The fourth-order valence-corrected chi connectivity index (χ4v) is 5.90. The third kappa shape index (κ3) is 5.55. The van der Waals surface area contributed by atoms with Crippen LogP contribution in [0.15, 0.2) is 71.7 Å². The van der Waals surface area contributed by atoms with Gasteiger partial charge in [0.2, 0.25) is 0 Å². The summed E-state index contributed by atoms with van der Waals surface area (Å²) in [7, 11) is 0. The Morgan fingerprint density at radius 3 is 1.76 bits per heavy atom. The largest absolute Gasteiger partial charge is 0.251 e. The molecule has 0 amide bonds. The number of benzene rings is 3. The molecule has 0 atom stereocenters. The zero-order valence-electron chi connectivity index (χ0n) is 26.0. The molecule has 0 N–H and O–H groups in total. The summed E-state index contributed by atoms with van der Waals surface area (Å²) >= 11 is 0. The monoisotopic (exact) mass is 541 g/mol. The van der Waals surface area contributed by atoms with Gasteiger partial charge in [-0.15, -0.1) is 0 Å². The number of aliphatic imine (C=N–C) groups is 1. The molecular formula is C38H43N3. The van der Waals surface area contributed by atoms with E-state index in [-0.39, 0.29) is 0 Å². The van der Waals surface area contributed by atoms with Crippen LogP contribution in [0.1, 0.15) is 101 Å². The maximum atomic E-state index is 5.30. The number of hydrogen-bond donors (Lipinski definition) is 0. The van der Waals surface area contributed by atoms with Crippen molar-refractivity contribution in [3.8, 4) is 11.3 Å². The maximum Gasteiger partial charge on any atom is 0.0972 e. The Bertz CT molecular complexity index is 1710. The van der Waals surface area contributed by atoms with Crippen LogP contribution in [0.4, 0.5) is 5.69 Å². The quantitative estimate of drug-likeness (QED) is 0.145. The molecule has 5 rings (SSSR count). The van der Waals surface area contributed by atoms with Gasteiger partial charge in [0.15, 0.2) is 0 Å². The molecule has 2 heterocycles. The molecule has 0 aliphatic rings. The van der Waals surface area contributed by atoms with Gasteiger partial charge in [0.25, 0.3) is 0 Å². The molecule has 210 valence electrons. The molecule has 3 nitrogen and oxygen atoms in total. The minimum atomic E-state index is 0.392. The summed E-state index contributed by atoms with van der Waals surface area (Å²) in [6.07, 6.45) is 3.02. The number of aryl methyl sites for hydroxylation is 3. The fraction of sp³-hybridized carbons (Fsp3) is 0.342. The van der Waals surface area contributed by atoms with E-state index in [2.05, 4.69) is 122 Å². The van der Waals surface area contributed by atoms with Crippen LogP contribution in [0, 0.1) is 0 Å². The second-order valence-corrected chi connectivity index (χ2v) is 11.7. The number of aromatic nitrogens is 2. The first-order chi connectivity index (χ1) is 19.7. The van der Waals surface area contributed by atoms with Crippen LogP contribution >= 0.6 is 0 Å². The highest BCUT2D eigenvalue weighted by atomic mass is 14.8. The van der Waals surface area contributed by atoms with E-state index in [1.807, 2.05) is 0 Å². The average molecular weight is 542 g/mol. The van der Waals surface area contributed by atoms with E-state index >= 15 is 0 Å². The van der Waals surface area contributed by atoms with Crippen molar-refractivity contribution in [3.63, 3.8) is 0 Å². The highest BCUT2D eigenvalue weighted by molar-refractivity contribution is 6.06. The van der Waals surface area contributed by atoms with E-state index < -0.39 is 0 Å². The fourth-order valence-electron chi connectivity index (χ4n) is 5.90. The molecule has 0 fully saturated rings. The lowest BCUT2D eigenvalue weighted by Crippen LogP contribution is -2.02. The Labute approximate surface area is 245 Å². The summed E-state index contributed by atoms with van der Waals surface area (Å²) in [5.74, 6) is 0.785. The summed E-state index contributed by atoms with van der Waals surface area (Å²) < 4.78 is 0. The minimum absolute atomic E-state index is 0.392. The first-order valence-electron chi connectivity index (χ1n) is 15.3. The Balaban J connectivity index is 1.69. The molecule has 0 spiro atoms. The van der Waals surface area contributed by atoms with Crippen LogP contribution in [0.5, 0.6) is 0 Å². The number of pyridine rings is 2. The van der Waals surface area contributed by atoms with Crippen molar-refractivity contribution in [2.24, 2.45) is 4.99 Å². The number of fused-ring (bicyclic) bond motifs is 3. The van der Waals surface area contributed by atoms with Gasteiger partial charge in [-0.3, -0.25) is 4.99 Å². The average Bonchev–Trinajstić information content (AvgIpc) is 2.99. The van der Waals surface area contributed by atoms with Crippen molar-refractivity contribution in [1.82, 2.24) is 9.97 Å². The zero-order valence-corrected chi connectivity index (χ0v) is 26.0. The van der Waals surface area contributed by atoms with Crippen LogP contribution in [0.25, 0.3) is 33.1 Å². The molecule has 3 heteroatoms. The number of nitrogens with zero attached hydrogens (tertiary/aromatic N) is 3. The minimum Gasteiger partial charge on any atom is -0.251 e. The highest BCUT2D eigenvalue weighted by Crippen LogP contribution is 2.36. The third-order valence-electron chi connectivity index (χ3n) is 8.30. The van der Waals surface area contributed by atoms with E-state index in [4.69, 9.17) is 15.0 Å². The summed E-state index contributed by atoms with van der Waals surface area (Å²) in [5, 5.41) is 2.20. The van der Waals surface area contributed by atoms with Crippen molar-refractivity contribution < 1.29 is 0 Å². The first-order valence-corrected chi connectivity index (χ1v) is 15.3. The predicted molar refractivity (Wildman–Crippen MR) is 177 cm³/mol. The van der Waals surface area contributed by atoms with Crippen molar-refractivity contribution in [2.45, 2.75) is 86.5 Å². The molecular weight excluding hydrogens is 498 g/mol. The lowest BCUT2D eigenvalue weighted by Gasteiger charge is -2.17. The zero-order chi connectivity index (χ0) is 29.3. The number of rotatable bonds is 8. The van der Waals surface area contributed by atoms with Gasteiger partial charge in [0.05, 0.1) is 33.8 Å². The van der Waals surface area contributed by atoms with Gasteiger partial charge in [-0.1, -0.05) is 103 Å². The molecule has 0 radical (unpaired) electrons. The Kier molecular flexibility index (Phi) is 8.35. The summed E-state index contributed by atoms with van der Waals surface area (Å²) in [6.45, 7) is 17.7. The highest BCUT2D eigenvalue weighted by Gasteiger charge is 2.16. The molecule has 5 aromatic rings. The SMILES string of the molecule is CCc1cc(CC)c(-c2ccc3ccc4ccc(C(C)=Nc5c(C(C)C)cccc5C(C)C)nc4c3n2)c(CC)c1. The lowest BCUT2D eigenvalue weighted by atomic mass is 9.91. The summed E-state index contributed by atoms with van der Waals surface area (Å²) in [5.41, 5.74) is 13.8. The van der Waals surface area contributed by atoms with E-state index in [1.165, 1.54) is 33.4 Å². The summed E-state index contributed by atoms with van der Waals surface area (Å²) in [6, 6.07) is 24.2. The molecule has 0 unspecified atom stereocenters. The lowest BCUT2D eigenvalue weighted by molar-refractivity contribution is 0.834. The van der Waals surface area contributed by atoms with Crippen LogP contribution in [0.3, 0.4) is 0 Å². The molecule has 0 saturated carbocycles. The van der Waals surface area contributed by atoms with Gasteiger partial charge in [-0.25, -0.2) is 9.97 Å². The molecule has 0 aliphatic heterocycles. The van der Waals surface area contributed by atoms with Crippen LogP contribution in [-0.2, 0) is 19.3 Å². The number of hydrogen-bond acceptors (Lipinski definition) is 3. The molecule has 0 aliphatic carbocycles. The summed E-state index contributed by atoms with van der Waals surface area (Å²) in [4.78, 5) is 15.7. The Morgan fingerprint density at radius 1 is 0.683 bits per heavy atom. The van der Waals surface area contributed by atoms with Gasteiger partial charge in [-0.2, -0.15) is 0 Å². The van der Waals surface area contributed by atoms with E-state index in [9.17, 15) is 0 Å². The van der Waals surface area contributed by atoms with E-state index in [1.54, 1.807) is 0 Å². The third-order valence-corrected chi connectivity index (χ3v) is 8.30. The van der Waals surface area contributed by atoms with Crippen molar-refractivity contribution in [3.05, 3.63) is 100 Å². The molecule has 0 saturated heterocycles. The predicted octanol–water partition coefficient (Wildman–Crippen LogP) is 10.5. The Hall–Kier alpha value is -3.85. The molecule has 41 heavy (non-hydrogen) atoms. The second kappa shape index (κ2) is 11.9. The van der Waals surface area contributed by atoms with Crippen molar-refractivity contribution >= 4 is 33.2 Å². The number of para-hydroxylation sites is 1. The molecule has 2 aromatic heterocycles. The van der Waals surface area contributed by atoms with Crippen molar-refractivity contribution in [1.29, 1.82) is 0 Å². The van der Waals surface area contributed by atoms with Crippen molar-refractivity contribution in [2.75, 3.05) is 0 Å². The van der Waals surface area contributed by atoms with Gasteiger partial charge in [0.1, 0.15) is 0 Å². The normalized spacial score (nSPS) is 12.3. The molecule has 3 aromatic carbocycles. The maximum absolute atomic E-state index is 5.30. The van der Waals surface area contributed by atoms with Gasteiger partial charge >= 0.3 is 0 Å². The standard InChI is InChI=1S/C38H43N3/c1-9-26-21-27(10-2)35(28(11-3)22-26)34-20-18-30-16-15-29-17-19-33(40-36(29)37(30)41-34)25(8)39-38-31(23(4)5)13-12-14-32(38)24(6)7/h12-24H,9-11H2,1-8H3. The van der Waals surface area contributed by atoms with Gasteiger partial charge < -0.3 is 0 Å². The van der Waals surface area contributed by atoms with Crippen LogP contribution in [-0.4, -0.2) is 15.7 Å². The van der Waals surface area contributed by atoms with Crippen LogP contribution < -0.4 is 0 Å². The first kappa shape index (κ1) is 28.7. The Morgan fingerprint density at radius 2 is 1.22 bits per heavy atom. The van der Waals surface area contributed by atoms with Crippen LogP contribution in [0.2, 0.25) is 0 Å².